The van der Waals surface area contributed by atoms with Gasteiger partial charge in [-0.05, 0) is 24.3 Å². The molecule has 0 aliphatic heterocycles. The number of fused-ring (bicyclic) bond motifs is 1. The smallest absolute Gasteiger partial charge is 0.294 e. The Morgan fingerprint density at radius 2 is 1.91 bits per heavy atom. The van der Waals surface area contributed by atoms with Crippen molar-refractivity contribution in [1.82, 2.24) is 19.9 Å². The summed E-state index contributed by atoms with van der Waals surface area (Å²) in [7, 11) is -4.21. The van der Waals surface area contributed by atoms with E-state index in [0.717, 1.165) is 0 Å². The van der Waals surface area contributed by atoms with Crippen LogP contribution in [0.3, 0.4) is 0 Å². The number of aromatic amines is 1. The molecule has 118 valence electrons. The average Bonchev–Trinajstić information content (AvgIpc) is 2.53. The van der Waals surface area contributed by atoms with Gasteiger partial charge in [-0.3, -0.25) is 9.35 Å². The highest BCUT2D eigenvalue weighted by Gasteiger charge is 2.08. The van der Waals surface area contributed by atoms with Crippen LogP contribution in [0.25, 0.3) is 11.2 Å². The maximum atomic E-state index is 11.6. The van der Waals surface area contributed by atoms with Crippen LogP contribution in [0.2, 0.25) is 0 Å². The molecular weight excluding hydrogens is 322 g/mol. The molecule has 0 fully saturated rings. The first-order chi connectivity index (χ1) is 10.9. The van der Waals surface area contributed by atoms with Gasteiger partial charge >= 0.3 is 0 Å². The summed E-state index contributed by atoms with van der Waals surface area (Å²) < 4.78 is 30.8. The molecule has 1 aromatic carbocycles. The second kappa shape index (κ2) is 5.74. The Bertz CT molecular complexity index is 1010. The molecule has 0 spiro atoms. The number of nitrogens with zero attached hydrogens (tertiary/aromatic N) is 3. The fourth-order valence-corrected chi connectivity index (χ4v) is 2.39. The van der Waals surface area contributed by atoms with Gasteiger partial charge in [0, 0.05) is 5.69 Å². The van der Waals surface area contributed by atoms with Crippen LogP contribution in [0.1, 0.15) is 5.69 Å². The Kier molecular flexibility index (Phi) is 3.76. The van der Waals surface area contributed by atoms with Crippen molar-refractivity contribution < 1.29 is 13.0 Å². The van der Waals surface area contributed by atoms with Crippen LogP contribution in [0, 0.1) is 0 Å². The third-order valence-electron chi connectivity index (χ3n) is 3.03. The first-order valence-corrected chi connectivity index (χ1v) is 7.88. The van der Waals surface area contributed by atoms with Gasteiger partial charge in [-0.1, -0.05) is 0 Å². The van der Waals surface area contributed by atoms with Crippen molar-refractivity contribution in [2.45, 2.75) is 11.4 Å². The molecule has 23 heavy (non-hydrogen) atoms. The first kappa shape index (κ1) is 15.1. The Morgan fingerprint density at radius 3 is 2.61 bits per heavy atom. The Balaban J connectivity index is 1.78. The highest BCUT2D eigenvalue weighted by molar-refractivity contribution is 7.85. The van der Waals surface area contributed by atoms with E-state index in [2.05, 4.69) is 25.3 Å². The van der Waals surface area contributed by atoms with E-state index in [1.807, 2.05) is 0 Å². The zero-order valence-corrected chi connectivity index (χ0v) is 12.4. The predicted octanol–water partition coefficient (Wildman–Crippen LogP) is 0.572. The van der Waals surface area contributed by atoms with Gasteiger partial charge in [-0.25, -0.2) is 15.0 Å². The fourth-order valence-electron chi connectivity index (χ4n) is 1.91. The topological polar surface area (TPSA) is 138 Å². The zero-order chi connectivity index (χ0) is 16.4. The van der Waals surface area contributed by atoms with Gasteiger partial charge in [0.05, 0.1) is 29.7 Å². The summed E-state index contributed by atoms with van der Waals surface area (Å²) in [5.74, 6) is 0. The quantitative estimate of drug-likeness (QED) is 0.589. The highest BCUT2D eigenvalue weighted by Crippen LogP contribution is 2.14. The normalized spacial score (nSPS) is 11.5. The molecule has 0 aliphatic rings. The lowest BCUT2D eigenvalue weighted by Gasteiger charge is -2.06. The minimum atomic E-state index is -4.21. The first-order valence-electron chi connectivity index (χ1n) is 6.44. The van der Waals surface area contributed by atoms with Gasteiger partial charge in [-0.2, -0.15) is 8.42 Å². The zero-order valence-electron chi connectivity index (χ0n) is 11.6. The lowest BCUT2D eigenvalue weighted by atomic mass is 10.3. The number of rotatable bonds is 4. The summed E-state index contributed by atoms with van der Waals surface area (Å²) in [6.45, 7) is 0.280. The van der Waals surface area contributed by atoms with Crippen molar-refractivity contribution in [2.24, 2.45) is 0 Å². The van der Waals surface area contributed by atoms with E-state index < -0.39 is 10.1 Å². The maximum absolute atomic E-state index is 11.6. The van der Waals surface area contributed by atoms with Crippen LogP contribution in [0.15, 0.2) is 46.5 Å². The second-order valence-electron chi connectivity index (χ2n) is 4.62. The molecule has 9 nitrogen and oxygen atoms in total. The van der Waals surface area contributed by atoms with E-state index in [1.54, 1.807) is 0 Å². The van der Waals surface area contributed by atoms with E-state index in [-0.39, 0.29) is 28.2 Å². The summed E-state index contributed by atoms with van der Waals surface area (Å²) in [4.78, 5) is 26.0. The minimum absolute atomic E-state index is 0.147. The van der Waals surface area contributed by atoms with Gasteiger partial charge in [0.1, 0.15) is 0 Å². The van der Waals surface area contributed by atoms with Crippen molar-refractivity contribution in [3.05, 3.63) is 52.8 Å². The molecule has 0 unspecified atom stereocenters. The van der Waals surface area contributed by atoms with Crippen LogP contribution < -0.4 is 10.9 Å². The molecule has 0 amide bonds. The molecule has 0 radical (unpaired) electrons. The monoisotopic (exact) mass is 333 g/mol. The largest absolute Gasteiger partial charge is 0.379 e. The summed E-state index contributed by atoms with van der Waals surface area (Å²) in [5, 5.41) is 3.01. The molecule has 2 heterocycles. The molecule has 0 aliphatic carbocycles. The number of aromatic nitrogens is 4. The third kappa shape index (κ3) is 3.33. The van der Waals surface area contributed by atoms with Gasteiger partial charge in [0.25, 0.3) is 15.7 Å². The second-order valence-corrected chi connectivity index (χ2v) is 6.04. The Morgan fingerprint density at radius 1 is 1.17 bits per heavy atom. The molecule has 3 aromatic rings. The molecular formula is C13H11N5O4S. The van der Waals surface area contributed by atoms with E-state index in [9.17, 15) is 13.2 Å². The van der Waals surface area contributed by atoms with E-state index in [4.69, 9.17) is 4.55 Å². The van der Waals surface area contributed by atoms with Crippen LogP contribution in [0.5, 0.6) is 0 Å². The summed E-state index contributed by atoms with van der Waals surface area (Å²) in [6.07, 6.45) is 2.75. The summed E-state index contributed by atoms with van der Waals surface area (Å²) in [5.41, 5.74) is 1.18. The maximum Gasteiger partial charge on any atom is 0.294 e. The Hall–Kier alpha value is -2.85. The lowest BCUT2D eigenvalue weighted by Crippen LogP contribution is -2.11. The van der Waals surface area contributed by atoms with Crippen molar-refractivity contribution >= 4 is 27.0 Å². The molecule has 2 aromatic heterocycles. The van der Waals surface area contributed by atoms with Crippen LogP contribution in [-0.4, -0.2) is 32.9 Å². The predicted molar refractivity (Wildman–Crippen MR) is 81.5 cm³/mol. The number of benzene rings is 1. The minimum Gasteiger partial charge on any atom is -0.379 e. The summed E-state index contributed by atoms with van der Waals surface area (Å²) >= 11 is 0. The number of hydrogen-bond acceptors (Lipinski definition) is 7. The van der Waals surface area contributed by atoms with Gasteiger partial charge in [0.15, 0.2) is 11.2 Å². The molecule has 10 heteroatoms. The van der Waals surface area contributed by atoms with Crippen molar-refractivity contribution in [1.29, 1.82) is 0 Å². The van der Waals surface area contributed by atoms with Crippen molar-refractivity contribution in [3.63, 3.8) is 0 Å². The molecule has 3 rings (SSSR count). The van der Waals surface area contributed by atoms with E-state index >= 15 is 0 Å². The molecule has 0 saturated heterocycles. The summed E-state index contributed by atoms with van der Waals surface area (Å²) in [6, 6.07) is 5.56. The van der Waals surface area contributed by atoms with E-state index in [0.29, 0.717) is 11.4 Å². The van der Waals surface area contributed by atoms with Gasteiger partial charge in [0.2, 0.25) is 0 Å². The molecule has 0 saturated carbocycles. The van der Waals surface area contributed by atoms with Crippen LogP contribution in [-0.2, 0) is 16.7 Å². The van der Waals surface area contributed by atoms with Gasteiger partial charge in [-0.15, -0.1) is 0 Å². The van der Waals surface area contributed by atoms with Gasteiger partial charge < -0.3 is 10.3 Å². The van der Waals surface area contributed by atoms with Crippen LogP contribution in [0.4, 0.5) is 5.69 Å². The standard InChI is InChI=1S/C13H11N5O4S/c19-13-11-12(16-7-17-13)15-6-9(18-11)5-14-8-1-3-10(4-2-8)23(20,21)22/h1-4,6-7,14H,5H2,(H,20,21,22)(H,15,16,17,19). The average molecular weight is 333 g/mol. The SMILES string of the molecule is O=c1[nH]cnc2ncc(CNc3ccc(S(=O)(=O)O)cc3)nc12. The number of anilines is 1. The Labute approximate surface area is 130 Å². The molecule has 3 N–H and O–H groups in total. The molecule has 0 bridgehead atoms. The fraction of sp³-hybridized carbons (Fsp3) is 0.0769. The third-order valence-corrected chi connectivity index (χ3v) is 3.89. The van der Waals surface area contributed by atoms with Crippen LogP contribution >= 0.6 is 0 Å². The number of hydrogen-bond donors (Lipinski definition) is 3. The number of H-pyrrole nitrogens is 1. The highest BCUT2D eigenvalue weighted by atomic mass is 32.2. The van der Waals surface area contributed by atoms with Crippen molar-refractivity contribution in [2.75, 3.05) is 5.32 Å². The lowest BCUT2D eigenvalue weighted by molar-refractivity contribution is 0.483. The molecule has 0 atom stereocenters. The number of nitrogens with one attached hydrogen (secondary N) is 2. The van der Waals surface area contributed by atoms with E-state index in [1.165, 1.54) is 36.8 Å². The van der Waals surface area contributed by atoms with Crippen molar-refractivity contribution in [3.8, 4) is 0 Å².